The van der Waals surface area contributed by atoms with Crippen LogP contribution < -0.4 is 0 Å². The molecule has 0 N–H and O–H groups in total. The van der Waals surface area contributed by atoms with Gasteiger partial charge in [-0.1, -0.05) is 24.9 Å². The van der Waals surface area contributed by atoms with Gasteiger partial charge in [-0.2, -0.15) is 0 Å². The van der Waals surface area contributed by atoms with E-state index in [0.29, 0.717) is 0 Å². The molecule has 0 aliphatic rings. The molecule has 0 fully saturated rings. The van der Waals surface area contributed by atoms with Crippen LogP contribution in [0.25, 0.3) is 0 Å². The second-order valence-corrected chi connectivity index (χ2v) is 3.07. The van der Waals surface area contributed by atoms with Crippen LogP contribution in [0.15, 0.2) is 10.6 Å². The van der Waals surface area contributed by atoms with E-state index in [9.17, 15) is 4.79 Å². The highest BCUT2D eigenvalue weighted by Gasteiger charge is 2.09. The first-order chi connectivity index (χ1) is 5.63. The summed E-state index contributed by atoms with van der Waals surface area (Å²) in [5.74, 6) is -0.440. The highest BCUT2D eigenvalue weighted by Crippen LogP contribution is 2.16. The molecule has 70 valence electrons. The fourth-order valence-corrected chi connectivity index (χ4v) is 0.987. The average Bonchev–Trinajstić information content (AvgIpc) is 2.11. The smallest absolute Gasteiger partial charge is 0.349 e. The van der Waals surface area contributed by atoms with Crippen LogP contribution in [0, 0.1) is 0 Å². The maximum absolute atomic E-state index is 10.9. The number of unbranched alkanes of at least 4 members (excludes halogenated alkanes) is 1. The summed E-state index contributed by atoms with van der Waals surface area (Å²) in [6.45, 7) is 3.95. The molecule has 0 bridgehead atoms. The Kier molecular flexibility index (Phi) is 5.81. The Hall–Kier alpha value is -0.500. The van der Waals surface area contributed by atoms with Crippen LogP contribution in [0.4, 0.5) is 0 Å². The number of ether oxygens (including phenoxy) is 1. The van der Waals surface area contributed by atoms with Crippen molar-refractivity contribution in [3.05, 3.63) is 10.6 Å². The third kappa shape index (κ3) is 3.77. The van der Waals surface area contributed by atoms with Crippen molar-refractivity contribution in [2.75, 3.05) is 7.11 Å². The van der Waals surface area contributed by atoms with Gasteiger partial charge >= 0.3 is 5.97 Å². The van der Waals surface area contributed by atoms with Crippen LogP contribution >= 0.6 is 11.6 Å². The van der Waals surface area contributed by atoms with E-state index < -0.39 is 5.97 Å². The van der Waals surface area contributed by atoms with Gasteiger partial charge in [-0.15, -0.1) is 0 Å². The van der Waals surface area contributed by atoms with Crippen LogP contribution in [-0.4, -0.2) is 13.1 Å². The molecule has 12 heavy (non-hydrogen) atoms. The lowest BCUT2D eigenvalue weighted by Gasteiger charge is -2.02. The van der Waals surface area contributed by atoms with E-state index in [1.54, 1.807) is 0 Å². The summed E-state index contributed by atoms with van der Waals surface area (Å²) in [4.78, 5) is 10.9. The van der Waals surface area contributed by atoms with Gasteiger partial charge in [0.05, 0.1) is 7.11 Å². The SMILES string of the molecule is CCCC/C(C)=C(/Cl)C(=O)OC. The molecule has 0 aromatic heterocycles. The number of methoxy groups -OCH3 is 1. The summed E-state index contributed by atoms with van der Waals surface area (Å²) in [5, 5.41) is 0.228. The zero-order valence-electron chi connectivity index (χ0n) is 7.82. The molecule has 0 aromatic carbocycles. The predicted octanol–water partition coefficient (Wildman–Crippen LogP) is 2.86. The molecule has 0 rings (SSSR count). The van der Waals surface area contributed by atoms with Crippen LogP contribution in [0.1, 0.15) is 33.1 Å². The molecule has 0 heterocycles. The van der Waals surface area contributed by atoms with Crippen molar-refractivity contribution < 1.29 is 9.53 Å². The third-order valence-electron chi connectivity index (χ3n) is 1.64. The molecule has 0 radical (unpaired) electrons. The molecule has 3 heteroatoms. The number of hydrogen-bond donors (Lipinski definition) is 0. The summed E-state index contributed by atoms with van der Waals surface area (Å²) in [6.07, 6.45) is 3.02. The van der Waals surface area contributed by atoms with E-state index in [2.05, 4.69) is 11.7 Å². The highest BCUT2D eigenvalue weighted by atomic mass is 35.5. The maximum atomic E-state index is 10.9. The quantitative estimate of drug-likeness (QED) is 0.504. The first-order valence-corrected chi connectivity index (χ1v) is 4.44. The van der Waals surface area contributed by atoms with Gasteiger partial charge in [0.2, 0.25) is 0 Å². The Bertz CT molecular complexity index is 185. The number of allylic oxidation sites excluding steroid dienone is 1. The molecule has 0 amide bonds. The van der Waals surface area contributed by atoms with Gasteiger partial charge in [0, 0.05) is 0 Å². The number of carbonyl (C=O) groups excluding carboxylic acids is 1. The van der Waals surface area contributed by atoms with Gasteiger partial charge in [0.25, 0.3) is 0 Å². The zero-order valence-corrected chi connectivity index (χ0v) is 8.57. The van der Waals surface area contributed by atoms with Crippen molar-refractivity contribution in [2.45, 2.75) is 33.1 Å². The van der Waals surface area contributed by atoms with Crippen LogP contribution in [0.2, 0.25) is 0 Å². The van der Waals surface area contributed by atoms with Crippen molar-refractivity contribution in [1.82, 2.24) is 0 Å². The lowest BCUT2D eigenvalue weighted by molar-refractivity contribution is -0.135. The van der Waals surface area contributed by atoms with Crippen molar-refractivity contribution in [3.8, 4) is 0 Å². The number of halogens is 1. The minimum absolute atomic E-state index is 0.228. The van der Waals surface area contributed by atoms with Gasteiger partial charge in [-0.25, -0.2) is 4.79 Å². The van der Waals surface area contributed by atoms with E-state index in [0.717, 1.165) is 24.8 Å². The van der Waals surface area contributed by atoms with Crippen molar-refractivity contribution in [2.24, 2.45) is 0 Å². The normalized spacial score (nSPS) is 12.3. The van der Waals surface area contributed by atoms with Gasteiger partial charge in [0.1, 0.15) is 5.03 Å². The van der Waals surface area contributed by atoms with Crippen molar-refractivity contribution in [3.63, 3.8) is 0 Å². The molecule has 0 atom stereocenters. The van der Waals surface area contributed by atoms with E-state index >= 15 is 0 Å². The second-order valence-electron chi connectivity index (χ2n) is 2.69. The topological polar surface area (TPSA) is 26.3 Å². The summed E-state index contributed by atoms with van der Waals surface area (Å²) in [7, 11) is 1.33. The number of esters is 1. The van der Waals surface area contributed by atoms with E-state index in [-0.39, 0.29) is 5.03 Å². The standard InChI is InChI=1S/C9H15ClO2/c1-4-5-6-7(2)8(10)9(11)12-3/h4-6H2,1-3H3/b8-7+. The Morgan fingerprint density at radius 1 is 1.50 bits per heavy atom. The first kappa shape index (κ1) is 11.5. The number of hydrogen-bond acceptors (Lipinski definition) is 2. The zero-order chi connectivity index (χ0) is 9.56. The maximum Gasteiger partial charge on any atom is 0.349 e. The monoisotopic (exact) mass is 190 g/mol. The van der Waals surface area contributed by atoms with Crippen LogP contribution in [0.3, 0.4) is 0 Å². The van der Waals surface area contributed by atoms with Crippen LogP contribution in [-0.2, 0) is 9.53 Å². The second kappa shape index (κ2) is 6.06. The van der Waals surface area contributed by atoms with Crippen molar-refractivity contribution >= 4 is 17.6 Å². The molecule has 0 aliphatic heterocycles. The summed E-state index contributed by atoms with van der Waals surface area (Å²) >= 11 is 5.72. The molecule has 0 unspecified atom stereocenters. The Morgan fingerprint density at radius 3 is 2.50 bits per heavy atom. The van der Waals surface area contributed by atoms with E-state index in [4.69, 9.17) is 11.6 Å². The lowest BCUT2D eigenvalue weighted by atomic mass is 10.1. The molecular formula is C9H15ClO2. The summed E-state index contributed by atoms with van der Waals surface area (Å²) in [5.41, 5.74) is 0.908. The lowest BCUT2D eigenvalue weighted by Crippen LogP contribution is -2.02. The third-order valence-corrected chi connectivity index (χ3v) is 2.12. The van der Waals surface area contributed by atoms with Crippen LogP contribution in [0.5, 0.6) is 0 Å². The number of carbonyl (C=O) groups is 1. The molecular weight excluding hydrogens is 176 g/mol. The Balaban J connectivity index is 4.15. The highest BCUT2D eigenvalue weighted by molar-refractivity contribution is 6.41. The molecule has 0 spiro atoms. The van der Waals surface area contributed by atoms with Gasteiger partial charge in [-0.05, 0) is 25.3 Å². The molecule has 0 aromatic rings. The van der Waals surface area contributed by atoms with Gasteiger partial charge < -0.3 is 4.74 Å². The van der Waals surface area contributed by atoms with Crippen molar-refractivity contribution in [1.29, 1.82) is 0 Å². The van der Waals surface area contributed by atoms with E-state index in [1.807, 2.05) is 6.92 Å². The largest absolute Gasteiger partial charge is 0.465 e. The van der Waals surface area contributed by atoms with Gasteiger partial charge in [-0.3, -0.25) is 0 Å². The summed E-state index contributed by atoms with van der Waals surface area (Å²) in [6, 6.07) is 0. The Labute approximate surface area is 78.5 Å². The minimum atomic E-state index is -0.440. The van der Waals surface area contributed by atoms with E-state index in [1.165, 1.54) is 7.11 Å². The average molecular weight is 191 g/mol. The molecule has 0 aliphatic carbocycles. The predicted molar refractivity (Wildman–Crippen MR) is 50.1 cm³/mol. The summed E-state index contributed by atoms with van der Waals surface area (Å²) < 4.78 is 4.48. The number of rotatable bonds is 4. The molecule has 2 nitrogen and oxygen atoms in total. The molecule has 0 saturated carbocycles. The molecule has 0 saturated heterocycles. The van der Waals surface area contributed by atoms with Gasteiger partial charge in [0.15, 0.2) is 0 Å². The Morgan fingerprint density at radius 2 is 2.08 bits per heavy atom. The fourth-order valence-electron chi connectivity index (χ4n) is 0.816. The minimum Gasteiger partial charge on any atom is -0.465 e. The fraction of sp³-hybridized carbons (Fsp3) is 0.667. The first-order valence-electron chi connectivity index (χ1n) is 4.07.